The van der Waals surface area contributed by atoms with Gasteiger partial charge in [0, 0.05) is 82.0 Å². The van der Waals surface area contributed by atoms with Crippen molar-refractivity contribution in [2.45, 2.75) is 81.9 Å². The second kappa shape index (κ2) is 23.6. The number of hydrogen-bond donors (Lipinski definition) is 2. The van der Waals surface area contributed by atoms with Crippen molar-refractivity contribution in [3.8, 4) is 0 Å². The number of hydrazone groups is 2. The van der Waals surface area contributed by atoms with Crippen molar-refractivity contribution in [3.05, 3.63) is 193 Å². The fraction of sp³-hybridized carbons (Fsp3) is 0.194. The van der Waals surface area contributed by atoms with Crippen molar-refractivity contribution in [2.75, 3.05) is 35.1 Å². The van der Waals surface area contributed by atoms with E-state index in [1.165, 1.54) is 31.6 Å². The third kappa shape index (κ3) is 11.5. The van der Waals surface area contributed by atoms with Crippen LogP contribution in [0.3, 0.4) is 0 Å². The van der Waals surface area contributed by atoms with Gasteiger partial charge in [0.25, 0.3) is 0 Å². The van der Waals surface area contributed by atoms with Crippen LogP contribution in [0.5, 0.6) is 0 Å². The van der Waals surface area contributed by atoms with Crippen LogP contribution in [0, 0.1) is 0 Å². The third-order valence-corrected chi connectivity index (χ3v) is 18.3. The van der Waals surface area contributed by atoms with Gasteiger partial charge in [-0.15, -0.1) is 23.5 Å². The molecule has 10 rings (SSSR count). The van der Waals surface area contributed by atoms with Crippen molar-refractivity contribution in [3.63, 3.8) is 0 Å². The van der Waals surface area contributed by atoms with Gasteiger partial charge in [0.05, 0.1) is 58.9 Å². The van der Waals surface area contributed by atoms with Crippen molar-refractivity contribution < 1.29 is 18.6 Å². The SMILES string of the molecule is CCC(O)CN(/N=C/c1ccc2c(c1)c1ccccc1n2CC)c1ccc(S(=O)(=O)c2ccc(N(CC(O)CSc3ccc(Sc4ccc(SC)cc4)cc3)/N=C/c3ccc4c(c3)c3ccccc3n4CC)cc2)cc1. The molecule has 0 saturated heterocycles. The van der Waals surface area contributed by atoms with E-state index in [9.17, 15) is 18.6 Å². The summed E-state index contributed by atoms with van der Waals surface area (Å²) in [6.45, 7) is 8.30. The lowest BCUT2D eigenvalue weighted by molar-refractivity contribution is 0.176. The molecule has 2 aromatic heterocycles. The molecule has 0 saturated carbocycles. The van der Waals surface area contributed by atoms with E-state index in [1.807, 2.05) is 19.1 Å². The second-order valence-corrected chi connectivity index (χ2v) is 23.6. The minimum absolute atomic E-state index is 0.122. The second-order valence-electron chi connectivity index (χ2n) is 18.5. The highest BCUT2D eigenvalue weighted by Gasteiger charge is 2.21. The van der Waals surface area contributed by atoms with Gasteiger partial charge >= 0.3 is 0 Å². The standard InChI is InChI=1S/C62H60N6O4S4/c1-5-47(69)40-67(63-38-43-16-34-61-57(36-43)55-12-8-10-14-59(55)65(61)6-2)45-18-30-53(31-19-45)76(71,72)54-32-20-46(21-33-54)68(64-39-44-17-35-62-58(37-44)56-13-9-11-15-60(56)66(62)7-3)41-48(70)42-74-50-24-28-52(29-25-50)75-51-26-22-49(73-4)23-27-51/h8-39,47-48,69-70H,5-7,40-42H2,1-4H3/b63-38+,64-39+. The molecular formula is C62H60N6O4S4. The maximum absolute atomic E-state index is 14.2. The number of para-hydroxylation sites is 2. The van der Waals surface area contributed by atoms with Crippen molar-refractivity contribution in [1.82, 2.24) is 9.13 Å². The predicted molar refractivity (Wildman–Crippen MR) is 320 cm³/mol. The van der Waals surface area contributed by atoms with E-state index < -0.39 is 22.0 Å². The monoisotopic (exact) mass is 1080 g/mol. The molecule has 386 valence electrons. The quantitative estimate of drug-likeness (QED) is 0.0412. The van der Waals surface area contributed by atoms with E-state index in [-0.39, 0.29) is 22.9 Å². The molecule has 76 heavy (non-hydrogen) atoms. The maximum Gasteiger partial charge on any atom is 0.206 e. The topological polar surface area (TPSA) is 116 Å². The fourth-order valence-electron chi connectivity index (χ4n) is 9.58. The summed E-state index contributed by atoms with van der Waals surface area (Å²) in [7, 11) is -3.95. The van der Waals surface area contributed by atoms with Gasteiger partial charge in [0.1, 0.15) is 0 Å². The number of aliphatic hydroxyl groups is 2. The van der Waals surface area contributed by atoms with Crippen LogP contribution in [0.25, 0.3) is 43.6 Å². The average Bonchev–Trinajstić information content (AvgIpc) is 3.97. The van der Waals surface area contributed by atoms with Crippen molar-refractivity contribution >= 4 is 113 Å². The Bertz CT molecular complexity index is 3800. The Labute approximate surface area is 457 Å². The first-order valence-electron chi connectivity index (χ1n) is 25.5. The zero-order chi connectivity index (χ0) is 52.8. The van der Waals surface area contributed by atoms with Gasteiger partial charge in [-0.3, -0.25) is 10.0 Å². The lowest BCUT2D eigenvalue weighted by atomic mass is 10.1. The molecule has 2 N–H and O–H groups in total. The van der Waals surface area contributed by atoms with Crippen LogP contribution in [-0.2, 0) is 22.9 Å². The number of rotatable bonds is 21. The van der Waals surface area contributed by atoms with Crippen LogP contribution in [0.15, 0.2) is 222 Å². The van der Waals surface area contributed by atoms with Gasteiger partial charge in [-0.25, -0.2) is 8.42 Å². The van der Waals surface area contributed by atoms with Crippen LogP contribution in [-0.4, -0.2) is 77.5 Å². The summed E-state index contributed by atoms with van der Waals surface area (Å²) in [4.78, 5) is 4.84. The first-order chi connectivity index (χ1) is 37.0. The molecule has 2 atom stereocenters. The summed E-state index contributed by atoms with van der Waals surface area (Å²) < 4.78 is 33.1. The molecule has 0 amide bonds. The summed E-state index contributed by atoms with van der Waals surface area (Å²) in [6.07, 6.45) is 4.76. The third-order valence-electron chi connectivity index (χ3n) is 13.6. The molecule has 0 radical (unpaired) electrons. The minimum atomic E-state index is -3.95. The summed E-state index contributed by atoms with van der Waals surface area (Å²) in [5, 5.41) is 40.2. The van der Waals surface area contributed by atoms with E-state index in [0.717, 1.165) is 55.8 Å². The van der Waals surface area contributed by atoms with E-state index in [0.29, 0.717) is 23.5 Å². The number of aryl methyl sites for hydroxylation is 2. The fourth-order valence-corrected chi connectivity index (χ4v) is 12.9. The number of nitrogens with zero attached hydrogens (tertiary/aromatic N) is 6. The number of sulfone groups is 1. The van der Waals surface area contributed by atoms with Gasteiger partial charge in [0.15, 0.2) is 0 Å². The summed E-state index contributed by atoms with van der Waals surface area (Å²) in [6, 6.07) is 59.6. The van der Waals surface area contributed by atoms with Crippen LogP contribution in [0.1, 0.15) is 38.3 Å². The molecule has 0 aliphatic carbocycles. The van der Waals surface area contributed by atoms with Crippen LogP contribution in [0.4, 0.5) is 11.4 Å². The molecule has 0 aliphatic rings. The average molecular weight is 1080 g/mol. The molecule has 0 spiro atoms. The Hall–Kier alpha value is -6.78. The molecule has 2 unspecified atom stereocenters. The molecular weight excluding hydrogens is 1020 g/mol. The zero-order valence-electron chi connectivity index (χ0n) is 42.9. The minimum Gasteiger partial charge on any atom is -0.391 e. The maximum atomic E-state index is 14.2. The Kier molecular flexibility index (Phi) is 16.4. The van der Waals surface area contributed by atoms with E-state index in [4.69, 9.17) is 10.2 Å². The number of aromatic nitrogens is 2. The van der Waals surface area contributed by atoms with Crippen molar-refractivity contribution in [2.24, 2.45) is 10.2 Å². The highest BCUT2D eigenvalue weighted by Crippen LogP contribution is 2.34. The molecule has 10 nitrogen and oxygen atoms in total. The lowest BCUT2D eigenvalue weighted by Crippen LogP contribution is -2.30. The molecule has 0 aliphatic heterocycles. The van der Waals surface area contributed by atoms with E-state index in [1.54, 1.807) is 106 Å². The Morgan fingerprint density at radius 1 is 0.513 bits per heavy atom. The molecule has 0 bridgehead atoms. The Balaban J connectivity index is 0.873. The van der Waals surface area contributed by atoms with Crippen LogP contribution >= 0.6 is 35.3 Å². The van der Waals surface area contributed by atoms with Gasteiger partial charge in [-0.1, -0.05) is 67.2 Å². The highest BCUT2D eigenvalue weighted by atomic mass is 32.2. The van der Waals surface area contributed by atoms with Crippen LogP contribution < -0.4 is 10.0 Å². The number of fused-ring (bicyclic) bond motifs is 6. The molecule has 0 fully saturated rings. The van der Waals surface area contributed by atoms with Gasteiger partial charge in [0.2, 0.25) is 9.84 Å². The van der Waals surface area contributed by atoms with Gasteiger partial charge in [-0.2, -0.15) is 10.2 Å². The number of hydrogen-bond acceptors (Lipinski definition) is 11. The van der Waals surface area contributed by atoms with E-state index in [2.05, 4.69) is 151 Å². The normalized spacial score (nSPS) is 13.0. The molecule has 10 aromatic rings. The van der Waals surface area contributed by atoms with Crippen molar-refractivity contribution in [1.29, 1.82) is 0 Å². The first-order valence-corrected chi connectivity index (χ1v) is 30.1. The Morgan fingerprint density at radius 3 is 1.38 bits per heavy atom. The number of anilines is 2. The van der Waals surface area contributed by atoms with Gasteiger partial charge < -0.3 is 19.3 Å². The number of benzene rings is 8. The smallest absolute Gasteiger partial charge is 0.206 e. The molecule has 8 aromatic carbocycles. The summed E-state index contributed by atoms with van der Waals surface area (Å²) in [5.74, 6) is 0.417. The lowest BCUT2D eigenvalue weighted by Gasteiger charge is -2.23. The zero-order valence-corrected chi connectivity index (χ0v) is 46.2. The molecule has 14 heteroatoms. The number of aliphatic hydroxyl groups excluding tert-OH is 2. The summed E-state index contributed by atoms with van der Waals surface area (Å²) >= 11 is 5.02. The summed E-state index contributed by atoms with van der Waals surface area (Å²) in [5.41, 5.74) is 7.74. The highest BCUT2D eigenvalue weighted by molar-refractivity contribution is 8.00. The largest absolute Gasteiger partial charge is 0.391 e. The first kappa shape index (κ1) is 52.7. The predicted octanol–water partition coefficient (Wildman–Crippen LogP) is 14.3. The van der Waals surface area contributed by atoms with Gasteiger partial charge in [-0.05, 0) is 171 Å². The number of thioether (sulfide) groups is 2. The van der Waals surface area contributed by atoms with E-state index >= 15 is 0 Å². The Morgan fingerprint density at radius 2 is 0.934 bits per heavy atom. The molecule has 2 heterocycles. The van der Waals surface area contributed by atoms with Crippen LogP contribution in [0.2, 0.25) is 0 Å².